The number of esters is 1. The summed E-state index contributed by atoms with van der Waals surface area (Å²) in [5.41, 5.74) is 2.21. The van der Waals surface area contributed by atoms with Gasteiger partial charge in [-0.2, -0.15) is 0 Å². The van der Waals surface area contributed by atoms with Gasteiger partial charge in [0.05, 0.1) is 39.0 Å². The van der Waals surface area contributed by atoms with E-state index in [0.717, 1.165) is 17.7 Å². The lowest BCUT2D eigenvalue weighted by Crippen LogP contribution is -2.28. The van der Waals surface area contributed by atoms with E-state index in [4.69, 9.17) is 23.6 Å². The van der Waals surface area contributed by atoms with E-state index < -0.39 is 13.2 Å². The Labute approximate surface area is 161 Å². The summed E-state index contributed by atoms with van der Waals surface area (Å²) in [7, 11) is 2.06. The fraction of sp³-hybridized carbons (Fsp3) is 0.632. The number of hydrogen-bond donors (Lipinski definition) is 1. The first-order chi connectivity index (χ1) is 13.0. The summed E-state index contributed by atoms with van der Waals surface area (Å²) < 4.78 is 26.0. The van der Waals surface area contributed by atoms with Crippen molar-refractivity contribution in [1.29, 1.82) is 0 Å². The highest BCUT2D eigenvalue weighted by atomic mass is 16.5. The molecule has 2 unspecified atom stereocenters. The lowest BCUT2D eigenvalue weighted by molar-refractivity contribution is -0.145. The van der Waals surface area contributed by atoms with E-state index in [1.807, 2.05) is 6.07 Å². The molecule has 0 radical (unpaired) electrons. The number of carbonyl (C=O) groups excluding carboxylic acids is 1. The second-order valence-corrected chi connectivity index (χ2v) is 6.53. The van der Waals surface area contributed by atoms with Crippen LogP contribution in [0.5, 0.6) is 5.75 Å². The van der Waals surface area contributed by atoms with E-state index in [1.54, 1.807) is 27.2 Å². The molecule has 2 atom stereocenters. The van der Waals surface area contributed by atoms with Crippen LogP contribution in [-0.4, -0.2) is 51.6 Å². The van der Waals surface area contributed by atoms with Crippen LogP contribution in [0.4, 0.5) is 0 Å². The maximum atomic E-state index is 11.7. The predicted octanol–water partition coefficient (Wildman–Crippen LogP) is 1.74. The summed E-state index contributed by atoms with van der Waals surface area (Å²) in [5.74, 6) is 0.252. The van der Waals surface area contributed by atoms with Gasteiger partial charge in [0.25, 0.3) is 0 Å². The Kier molecular flexibility index (Phi) is 8.56. The molecule has 1 N–H and O–H groups in total. The van der Waals surface area contributed by atoms with Crippen LogP contribution in [0, 0.1) is 0 Å². The van der Waals surface area contributed by atoms with Crippen LogP contribution in [0.1, 0.15) is 50.3 Å². The molecule has 2 aliphatic heterocycles. The van der Waals surface area contributed by atoms with Gasteiger partial charge in [-0.15, -0.1) is 0 Å². The molecule has 0 amide bonds. The molecule has 1 saturated heterocycles. The van der Waals surface area contributed by atoms with Gasteiger partial charge in [-0.1, -0.05) is 0 Å². The van der Waals surface area contributed by atoms with Gasteiger partial charge in [0.2, 0.25) is 0 Å². The Morgan fingerprint density at radius 3 is 2.67 bits per heavy atom. The lowest BCUT2D eigenvalue weighted by atomic mass is 9.77. The minimum atomic E-state index is -1.08. The maximum absolute atomic E-state index is 11.7. The highest BCUT2D eigenvalue weighted by Crippen LogP contribution is 2.32. The first-order valence-corrected chi connectivity index (χ1v) is 9.30. The zero-order valence-corrected chi connectivity index (χ0v) is 16.5. The smallest absolute Gasteiger partial charge is 0.492 e. The van der Waals surface area contributed by atoms with Gasteiger partial charge in [-0.25, -0.2) is 0 Å². The number of ether oxygens (including phenoxy) is 4. The third kappa shape index (κ3) is 5.94. The molecule has 2 heterocycles. The van der Waals surface area contributed by atoms with Crippen molar-refractivity contribution in [2.75, 3.05) is 27.4 Å². The van der Waals surface area contributed by atoms with Crippen molar-refractivity contribution in [3.05, 3.63) is 23.3 Å². The number of benzene rings is 1. The molecule has 7 nitrogen and oxygen atoms in total. The molecule has 1 fully saturated rings. The van der Waals surface area contributed by atoms with Crippen molar-refractivity contribution in [1.82, 2.24) is 0 Å². The predicted molar refractivity (Wildman–Crippen MR) is 101 cm³/mol. The average molecular weight is 380 g/mol. The van der Waals surface area contributed by atoms with E-state index >= 15 is 0 Å². The summed E-state index contributed by atoms with van der Waals surface area (Å²) in [5, 5.41) is 10.0. The van der Waals surface area contributed by atoms with Crippen LogP contribution in [-0.2, 0) is 30.3 Å². The molecular formula is C19H29BO7. The summed E-state index contributed by atoms with van der Waals surface area (Å²) >= 11 is 0. The van der Waals surface area contributed by atoms with E-state index in [2.05, 4.69) is 6.92 Å². The number of hydrogen-bond acceptors (Lipinski definition) is 7. The molecule has 27 heavy (non-hydrogen) atoms. The number of fused-ring (bicyclic) bond motifs is 1. The second-order valence-electron chi connectivity index (χ2n) is 6.53. The Hall–Kier alpha value is -1.61. The Balaban J connectivity index is 0.000000369. The quantitative estimate of drug-likeness (QED) is 0.595. The van der Waals surface area contributed by atoms with Crippen molar-refractivity contribution < 1.29 is 33.4 Å². The van der Waals surface area contributed by atoms with Gasteiger partial charge < -0.3 is 28.6 Å². The standard InChI is InChI=1S/C14H19BO6.C5H10O/c1-4-20-13(16)7-12-14-9(8-18-2)5-10(19-3)6-11(14)15(17)21-12;1-5-3-2-4-6-5/h5-6,12,17H,4,7-8H2,1-3H3;5H,2-4H2,1H3. The van der Waals surface area contributed by atoms with Gasteiger partial charge >= 0.3 is 13.1 Å². The third-order valence-electron chi connectivity index (χ3n) is 4.50. The van der Waals surface area contributed by atoms with Crippen LogP contribution in [0.3, 0.4) is 0 Å². The molecule has 0 aromatic heterocycles. The zero-order valence-electron chi connectivity index (χ0n) is 16.5. The minimum absolute atomic E-state index is 0.0565. The van der Waals surface area contributed by atoms with Crippen molar-refractivity contribution in [2.24, 2.45) is 0 Å². The summed E-state index contributed by atoms with van der Waals surface area (Å²) in [6, 6.07) is 3.53. The van der Waals surface area contributed by atoms with Crippen LogP contribution in [0.15, 0.2) is 12.1 Å². The molecule has 150 valence electrons. The van der Waals surface area contributed by atoms with E-state index in [0.29, 0.717) is 30.5 Å². The van der Waals surface area contributed by atoms with Crippen LogP contribution < -0.4 is 10.2 Å². The van der Waals surface area contributed by atoms with E-state index in [9.17, 15) is 9.82 Å². The molecular weight excluding hydrogens is 351 g/mol. The highest BCUT2D eigenvalue weighted by molar-refractivity contribution is 6.62. The zero-order chi connectivity index (χ0) is 19.8. The first kappa shape index (κ1) is 21.7. The van der Waals surface area contributed by atoms with E-state index in [1.165, 1.54) is 12.8 Å². The fourth-order valence-electron chi connectivity index (χ4n) is 3.25. The monoisotopic (exact) mass is 380 g/mol. The van der Waals surface area contributed by atoms with Crippen LogP contribution >= 0.6 is 0 Å². The van der Waals surface area contributed by atoms with Crippen molar-refractivity contribution >= 4 is 18.6 Å². The van der Waals surface area contributed by atoms with Crippen LogP contribution in [0.2, 0.25) is 0 Å². The molecule has 0 aliphatic carbocycles. The maximum Gasteiger partial charge on any atom is 0.492 e. The lowest BCUT2D eigenvalue weighted by Gasteiger charge is -2.16. The molecule has 0 bridgehead atoms. The minimum Gasteiger partial charge on any atom is -0.497 e. The van der Waals surface area contributed by atoms with E-state index in [-0.39, 0.29) is 12.4 Å². The summed E-state index contributed by atoms with van der Waals surface area (Å²) in [6.45, 7) is 5.51. The van der Waals surface area contributed by atoms with Gasteiger partial charge in [0.15, 0.2) is 0 Å². The number of rotatable bonds is 6. The Morgan fingerprint density at radius 2 is 2.15 bits per heavy atom. The Bertz CT molecular complexity index is 616. The third-order valence-corrected chi connectivity index (χ3v) is 4.50. The Morgan fingerprint density at radius 1 is 1.37 bits per heavy atom. The SMILES string of the molecule is CC1CCCO1.CCOC(=O)CC1OB(O)c2cc(OC)cc(COC)c21. The largest absolute Gasteiger partial charge is 0.497 e. The number of methoxy groups -OCH3 is 2. The van der Waals surface area contributed by atoms with Gasteiger partial charge in [-0.05, 0) is 55.4 Å². The molecule has 0 saturated carbocycles. The van der Waals surface area contributed by atoms with Gasteiger partial charge in [-0.3, -0.25) is 4.79 Å². The van der Waals surface area contributed by atoms with Crippen molar-refractivity contribution in [2.45, 2.75) is 51.9 Å². The molecule has 0 spiro atoms. The molecule has 8 heteroatoms. The molecule has 1 aromatic rings. The average Bonchev–Trinajstić information content (AvgIpc) is 3.23. The normalized spacial score (nSPS) is 20.7. The summed E-state index contributed by atoms with van der Waals surface area (Å²) in [6.07, 6.45) is 2.59. The molecule has 3 rings (SSSR count). The fourth-order valence-corrected chi connectivity index (χ4v) is 3.25. The topological polar surface area (TPSA) is 83.5 Å². The first-order valence-electron chi connectivity index (χ1n) is 9.30. The second kappa shape index (κ2) is 10.7. The molecule has 2 aliphatic rings. The van der Waals surface area contributed by atoms with Gasteiger partial charge in [0, 0.05) is 13.7 Å². The van der Waals surface area contributed by atoms with Crippen LogP contribution in [0.25, 0.3) is 0 Å². The summed E-state index contributed by atoms with van der Waals surface area (Å²) in [4.78, 5) is 11.7. The molecule has 1 aromatic carbocycles. The van der Waals surface area contributed by atoms with Crippen molar-refractivity contribution in [3.8, 4) is 5.75 Å². The highest BCUT2D eigenvalue weighted by Gasteiger charge is 2.38. The van der Waals surface area contributed by atoms with Gasteiger partial charge in [0.1, 0.15) is 5.75 Å². The van der Waals surface area contributed by atoms with Crippen molar-refractivity contribution in [3.63, 3.8) is 0 Å². The number of carbonyl (C=O) groups is 1.